The van der Waals surface area contributed by atoms with Gasteiger partial charge in [-0.25, -0.2) is 4.98 Å². The van der Waals surface area contributed by atoms with Crippen LogP contribution in [0.4, 0.5) is 24.5 Å². The molecule has 0 aliphatic rings. The van der Waals surface area contributed by atoms with E-state index >= 15 is 0 Å². The number of aryl methyl sites for hydroxylation is 1. The Morgan fingerprint density at radius 1 is 1.44 bits per heavy atom. The van der Waals surface area contributed by atoms with Crippen molar-refractivity contribution < 1.29 is 28.0 Å². The van der Waals surface area contributed by atoms with Crippen LogP contribution in [0.1, 0.15) is 17.1 Å². The molecule has 1 aromatic carbocycles. The van der Waals surface area contributed by atoms with E-state index in [9.17, 15) is 33.2 Å². The van der Waals surface area contributed by atoms with E-state index in [0.29, 0.717) is 11.3 Å². The summed E-state index contributed by atoms with van der Waals surface area (Å²) >= 11 is 0.588. The van der Waals surface area contributed by atoms with Crippen molar-refractivity contribution in [2.45, 2.75) is 25.1 Å². The maximum Gasteiger partial charge on any atom is 0.424 e. The normalized spacial score (nSPS) is 14.0. The second kappa shape index (κ2) is 6.76. The molecule has 0 bridgehead atoms. The highest BCUT2D eigenvalue weighted by Gasteiger charge is 2.58. The Morgan fingerprint density at radius 3 is 2.64 bits per heavy atom. The number of nitro benzene ring substituents is 1. The summed E-state index contributed by atoms with van der Waals surface area (Å²) in [4.78, 5) is 25.6. The summed E-state index contributed by atoms with van der Waals surface area (Å²) < 4.78 is 39.9. The van der Waals surface area contributed by atoms with Crippen molar-refractivity contribution in [1.82, 2.24) is 4.98 Å². The first-order valence-corrected chi connectivity index (χ1v) is 7.67. The van der Waals surface area contributed by atoms with Gasteiger partial charge in [0.1, 0.15) is 5.01 Å². The van der Waals surface area contributed by atoms with Crippen LogP contribution in [0.15, 0.2) is 29.6 Å². The number of halogens is 3. The first kappa shape index (κ1) is 18.8. The molecule has 0 radical (unpaired) electrons. The van der Waals surface area contributed by atoms with Gasteiger partial charge < -0.3 is 10.4 Å². The highest BCUT2D eigenvalue weighted by atomic mass is 32.1. The first-order valence-electron chi connectivity index (χ1n) is 6.79. The van der Waals surface area contributed by atoms with Crippen LogP contribution in [0, 0.1) is 17.0 Å². The summed E-state index contributed by atoms with van der Waals surface area (Å²) in [7, 11) is 0. The second-order valence-electron chi connectivity index (χ2n) is 5.18. The molecule has 0 saturated heterocycles. The Bertz CT molecular complexity index is 809. The Morgan fingerprint density at radius 2 is 2.12 bits per heavy atom. The third-order valence-electron chi connectivity index (χ3n) is 3.20. The number of aliphatic hydroxyl groups is 1. The maximum atomic E-state index is 13.3. The summed E-state index contributed by atoms with van der Waals surface area (Å²) in [5, 5.41) is 23.6. The monoisotopic (exact) mass is 375 g/mol. The molecule has 134 valence electrons. The number of thiazole rings is 1. The first-order chi connectivity index (χ1) is 11.5. The number of anilines is 1. The lowest BCUT2D eigenvalue weighted by atomic mass is 9.99. The third-order valence-corrected chi connectivity index (χ3v) is 4.31. The van der Waals surface area contributed by atoms with E-state index < -0.39 is 34.0 Å². The van der Waals surface area contributed by atoms with Crippen molar-refractivity contribution in [2.75, 3.05) is 5.32 Å². The van der Waals surface area contributed by atoms with Gasteiger partial charge in [-0.2, -0.15) is 13.2 Å². The van der Waals surface area contributed by atoms with E-state index in [0.717, 1.165) is 6.07 Å². The molecule has 0 aliphatic heterocycles. The Kier molecular flexibility index (Phi) is 5.09. The predicted octanol–water partition coefficient (Wildman–Crippen LogP) is 3.14. The number of nitrogens with one attached hydrogen (secondary N) is 1. The van der Waals surface area contributed by atoms with Crippen molar-refractivity contribution >= 4 is 28.6 Å². The van der Waals surface area contributed by atoms with Crippen LogP contribution in [0.3, 0.4) is 0 Å². The molecule has 2 aromatic rings. The molecule has 25 heavy (non-hydrogen) atoms. The fraction of sp³-hybridized carbons (Fsp3) is 0.286. The van der Waals surface area contributed by atoms with Gasteiger partial charge in [-0.05, 0) is 13.0 Å². The standard InChI is InChI=1S/C14H12F3N3O4S/c1-8-7-25-12(18-8)13(22,14(15,16)17)6-11(21)19-9-3-2-4-10(5-9)20(23)24/h2-5,7,22H,6H2,1H3,(H,19,21). The number of nitrogens with zero attached hydrogens (tertiary/aromatic N) is 2. The third kappa shape index (κ3) is 4.12. The van der Waals surface area contributed by atoms with Gasteiger partial charge in [-0.1, -0.05) is 6.07 Å². The minimum Gasteiger partial charge on any atom is -0.374 e. The zero-order valence-electron chi connectivity index (χ0n) is 12.7. The highest BCUT2D eigenvalue weighted by Crippen LogP contribution is 2.43. The summed E-state index contributed by atoms with van der Waals surface area (Å²) in [6.07, 6.45) is -6.45. The SMILES string of the molecule is Cc1csc(C(O)(CC(=O)Nc2cccc([N+](=O)[O-])c2)C(F)(F)F)n1. The zero-order chi connectivity index (χ0) is 18.8. The molecule has 1 unspecified atom stereocenters. The average molecular weight is 375 g/mol. The van der Waals surface area contributed by atoms with Gasteiger partial charge in [0.15, 0.2) is 0 Å². The van der Waals surface area contributed by atoms with E-state index in [1.807, 2.05) is 0 Å². The number of carbonyl (C=O) groups is 1. The number of aromatic nitrogens is 1. The summed E-state index contributed by atoms with van der Waals surface area (Å²) in [6.45, 7) is 1.46. The van der Waals surface area contributed by atoms with Gasteiger partial charge in [-0.3, -0.25) is 14.9 Å². The van der Waals surface area contributed by atoms with Crippen molar-refractivity contribution in [3.05, 3.63) is 50.5 Å². The molecule has 2 N–H and O–H groups in total. The zero-order valence-corrected chi connectivity index (χ0v) is 13.5. The van der Waals surface area contributed by atoms with Crippen molar-refractivity contribution in [3.8, 4) is 0 Å². The molecule has 0 spiro atoms. The van der Waals surface area contributed by atoms with Crippen molar-refractivity contribution in [1.29, 1.82) is 0 Å². The highest BCUT2D eigenvalue weighted by molar-refractivity contribution is 7.09. The van der Waals surface area contributed by atoms with Crippen LogP contribution < -0.4 is 5.32 Å². The van der Waals surface area contributed by atoms with Crippen LogP contribution >= 0.6 is 11.3 Å². The quantitative estimate of drug-likeness (QED) is 0.617. The molecule has 2 rings (SSSR count). The molecule has 1 amide bonds. The average Bonchev–Trinajstić information content (AvgIpc) is 2.93. The number of carbonyl (C=O) groups excluding carboxylic acids is 1. The van der Waals surface area contributed by atoms with Crippen LogP contribution in [0.25, 0.3) is 0 Å². The molecular weight excluding hydrogens is 363 g/mol. The van der Waals surface area contributed by atoms with E-state index in [4.69, 9.17) is 0 Å². The van der Waals surface area contributed by atoms with Gasteiger partial charge in [0, 0.05) is 28.9 Å². The molecule has 1 heterocycles. The van der Waals surface area contributed by atoms with Crippen LogP contribution in [-0.4, -0.2) is 27.1 Å². The number of rotatable bonds is 5. The lowest BCUT2D eigenvalue weighted by Crippen LogP contribution is -2.45. The maximum absolute atomic E-state index is 13.3. The fourth-order valence-electron chi connectivity index (χ4n) is 1.98. The van der Waals surface area contributed by atoms with Crippen molar-refractivity contribution in [2.24, 2.45) is 0 Å². The van der Waals surface area contributed by atoms with Crippen LogP contribution in [-0.2, 0) is 10.4 Å². The number of non-ortho nitro benzene ring substituents is 1. The molecule has 1 aromatic heterocycles. The molecule has 0 aliphatic carbocycles. The van der Waals surface area contributed by atoms with Crippen LogP contribution in [0.2, 0.25) is 0 Å². The minimum absolute atomic E-state index is 0.0564. The lowest BCUT2D eigenvalue weighted by molar-refractivity contribution is -0.384. The summed E-state index contributed by atoms with van der Waals surface area (Å²) in [6, 6.07) is 4.72. The Balaban J connectivity index is 2.23. The van der Waals surface area contributed by atoms with Crippen molar-refractivity contribution in [3.63, 3.8) is 0 Å². The smallest absolute Gasteiger partial charge is 0.374 e. The lowest BCUT2D eigenvalue weighted by Gasteiger charge is -2.27. The van der Waals surface area contributed by atoms with E-state index in [1.54, 1.807) is 0 Å². The molecule has 0 saturated carbocycles. The van der Waals surface area contributed by atoms with Gasteiger partial charge in [0.25, 0.3) is 5.69 Å². The van der Waals surface area contributed by atoms with Gasteiger partial charge >= 0.3 is 6.18 Å². The molecule has 0 fully saturated rings. The summed E-state index contributed by atoms with van der Waals surface area (Å²) in [5.41, 5.74) is -3.56. The van der Waals surface area contributed by atoms with Gasteiger partial charge in [0.05, 0.1) is 11.3 Å². The van der Waals surface area contributed by atoms with E-state index in [-0.39, 0.29) is 17.1 Å². The molecule has 1 atom stereocenters. The predicted molar refractivity (Wildman–Crippen MR) is 83.1 cm³/mol. The molecular formula is C14H12F3N3O4S. The van der Waals surface area contributed by atoms with E-state index in [1.165, 1.54) is 30.5 Å². The fourth-order valence-corrected chi connectivity index (χ4v) is 2.89. The molecule has 7 nitrogen and oxygen atoms in total. The number of amides is 1. The Hall–Kier alpha value is -2.53. The Labute approximate surface area is 143 Å². The number of hydrogen-bond acceptors (Lipinski definition) is 6. The number of hydrogen-bond donors (Lipinski definition) is 2. The number of nitro groups is 1. The minimum atomic E-state index is -5.13. The second-order valence-corrected chi connectivity index (χ2v) is 6.04. The largest absolute Gasteiger partial charge is 0.424 e. The topological polar surface area (TPSA) is 105 Å². The van der Waals surface area contributed by atoms with Crippen LogP contribution in [0.5, 0.6) is 0 Å². The summed E-state index contributed by atoms with van der Waals surface area (Å²) in [5.74, 6) is -1.16. The van der Waals surface area contributed by atoms with E-state index in [2.05, 4.69) is 10.3 Å². The molecule has 11 heteroatoms. The van der Waals surface area contributed by atoms with Gasteiger partial charge in [0.2, 0.25) is 11.5 Å². The number of alkyl halides is 3. The number of benzene rings is 1. The van der Waals surface area contributed by atoms with Gasteiger partial charge in [-0.15, -0.1) is 11.3 Å².